The third kappa shape index (κ3) is 5.63. The lowest BCUT2D eigenvalue weighted by Crippen LogP contribution is -2.54. The fourth-order valence-corrected chi connectivity index (χ4v) is 4.26. The summed E-state index contributed by atoms with van der Waals surface area (Å²) in [7, 11) is 0. The van der Waals surface area contributed by atoms with E-state index in [4.69, 9.17) is 21.7 Å². The van der Waals surface area contributed by atoms with Gasteiger partial charge in [0.15, 0.2) is 5.11 Å². The maximum Gasteiger partial charge on any atom is 0.270 e. The quantitative estimate of drug-likeness (QED) is 0.179. The number of amides is 2. The molecule has 1 aliphatic heterocycles. The molecule has 1 saturated heterocycles. The Morgan fingerprint density at radius 2 is 1.45 bits per heavy atom. The van der Waals surface area contributed by atoms with E-state index in [1.54, 1.807) is 30.3 Å². The first kappa shape index (κ1) is 24.9. The number of ether oxygens (including phenoxy) is 2. The molecule has 4 aromatic carbocycles. The summed E-state index contributed by atoms with van der Waals surface area (Å²) < 4.78 is 11.7. The molecule has 1 aliphatic rings. The maximum absolute atomic E-state index is 13.4. The molecule has 2 amide bonds. The van der Waals surface area contributed by atoms with Crippen LogP contribution in [0.4, 0.5) is 5.69 Å². The summed E-state index contributed by atoms with van der Waals surface area (Å²) in [6, 6.07) is 31.8. The van der Waals surface area contributed by atoms with Crippen molar-refractivity contribution >= 4 is 40.9 Å². The topological polar surface area (TPSA) is 67.9 Å². The van der Waals surface area contributed by atoms with Gasteiger partial charge in [0.1, 0.15) is 29.4 Å². The van der Waals surface area contributed by atoms with E-state index in [1.807, 2.05) is 85.8 Å². The first-order chi connectivity index (χ1) is 18.5. The fourth-order valence-electron chi connectivity index (χ4n) is 3.98. The Kier molecular flexibility index (Phi) is 7.28. The molecule has 1 N–H and O–H groups in total. The molecule has 7 heteroatoms. The standard InChI is InChI=1S/C31H24N2O4S/c1-21-18-27(36-20-22-8-4-2-5-9-22)15-12-23(21)19-28-29(34)32-31(38)33(30(28)35)24-13-16-26(17-14-24)37-25-10-6-3-7-11-25/h2-19H,20H2,1H3,(H,32,34,38)/b28-19+. The minimum Gasteiger partial charge on any atom is -0.489 e. The van der Waals surface area contributed by atoms with Gasteiger partial charge in [-0.25, -0.2) is 0 Å². The van der Waals surface area contributed by atoms with E-state index in [1.165, 1.54) is 4.90 Å². The summed E-state index contributed by atoms with van der Waals surface area (Å²) in [6.07, 6.45) is 1.58. The SMILES string of the molecule is Cc1cc(OCc2ccccc2)ccc1/C=C1\C(=O)NC(=S)N(c2ccc(Oc3ccccc3)cc2)C1=O. The fraction of sp³-hybridized carbons (Fsp3) is 0.0645. The Morgan fingerprint density at radius 3 is 2.13 bits per heavy atom. The number of hydrogen-bond acceptors (Lipinski definition) is 5. The maximum atomic E-state index is 13.4. The first-order valence-electron chi connectivity index (χ1n) is 12.0. The molecule has 0 spiro atoms. The molecular formula is C31H24N2O4S. The Labute approximate surface area is 226 Å². The van der Waals surface area contributed by atoms with E-state index >= 15 is 0 Å². The monoisotopic (exact) mass is 520 g/mol. The van der Waals surface area contributed by atoms with Gasteiger partial charge in [0.25, 0.3) is 11.8 Å². The summed E-state index contributed by atoms with van der Waals surface area (Å²) in [4.78, 5) is 27.5. The molecule has 5 rings (SSSR count). The van der Waals surface area contributed by atoms with Gasteiger partial charge in [-0.15, -0.1) is 0 Å². The molecule has 6 nitrogen and oxygen atoms in total. The van der Waals surface area contributed by atoms with Gasteiger partial charge in [-0.05, 0) is 90.4 Å². The van der Waals surface area contributed by atoms with Gasteiger partial charge < -0.3 is 9.47 Å². The smallest absolute Gasteiger partial charge is 0.270 e. The number of para-hydroxylation sites is 1. The van der Waals surface area contributed by atoms with Crippen molar-refractivity contribution in [2.75, 3.05) is 4.90 Å². The predicted octanol–water partition coefficient (Wildman–Crippen LogP) is 6.20. The van der Waals surface area contributed by atoms with Crippen molar-refractivity contribution in [3.63, 3.8) is 0 Å². The van der Waals surface area contributed by atoms with Gasteiger partial charge in [-0.2, -0.15) is 0 Å². The summed E-state index contributed by atoms with van der Waals surface area (Å²) in [5.41, 5.74) is 3.18. The van der Waals surface area contributed by atoms with Crippen LogP contribution in [0.1, 0.15) is 16.7 Å². The predicted molar refractivity (Wildman–Crippen MR) is 151 cm³/mol. The number of benzene rings is 4. The highest BCUT2D eigenvalue weighted by Crippen LogP contribution is 2.28. The second kappa shape index (κ2) is 11.1. The zero-order valence-corrected chi connectivity index (χ0v) is 21.4. The lowest BCUT2D eigenvalue weighted by molar-refractivity contribution is -0.122. The van der Waals surface area contributed by atoms with Gasteiger partial charge in [0.05, 0.1) is 5.69 Å². The third-order valence-corrected chi connectivity index (χ3v) is 6.25. The molecule has 0 bridgehead atoms. The molecule has 0 radical (unpaired) electrons. The zero-order chi connectivity index (χ0) is 26.5. The molecule has 0 atom stereocenters. The van der Waals surface area contributed by atoms with Crippen LogP contribution in [-0.2, 0) is 16.2 Å². The highest BCUT2D eigenvalue weighted by molar-refractivity contribution is 7.80. The summed E-state index contributed by atoms with van der Waals surface area (Å²) in [6.45, 7) is 2.35. The highest BCUT2D eigenvalue weighted by Gasteiger charge is 2.34. The van der Waals surface area contributed by atoms with Crippen molar-refractivity contribution in [2.45, 2.75) is 13.5 Å². The summed E-state index contributed by atoms with van der Waals surface area (Å²) in [5.74, 6) is 0.978. The van der Waals surface area contributed by atoms with Crippen LogP contribution in [0.25, 0.3) is 6.08 Å². The second-order valence-corrected chi connectivity index (χ2v) is 9.05. The average Bonchev–Trinajstić information content (AvgIpc) is 2.93. The minimum absolute atomic E-state index is 0.00994. The molecule has 0 aromatic heterocycles. The molecule has 0 saturated carbocycles. The van der Waals surface area contributed by atoms with Gasteiger partial charge in [0.2, 0.25) is 0 Å². The number of carbonyl (C=O) groups excluding carboxylic acids is 2. The van der Waals surface area contributed by atoms with Gasteiger partial charge in [-0.1, -0.05) is 54.6 Å². The van der Waals surface area contributed by atoms with E-state index in [2.05, 4.69) is 5.32 Å². The van der Waals surface area contributed by atoms with Crippen molar-refractivity contribution in [3.8, 4) is 17.2 Å². The van der Waals surface area contributed by atoms with Gasteiger partial charge in [-0.3, -0.25) is 19.8 Å². The van der Waals surface area contributed by atoms with Crippen LogP contribution in [0.2, 0.25) is 0 Å². The van der Waals surface area contributed by atoms with E-state index in [9.17, 15) is 9.59 Å². The van der Waals surface area contributed by atoms with E-state index in [0.29, 0.717) is 29.5 Å². The van der Waals surface area contributed by atoms with Crippen molar-refractivity contribution in [3.05, 3.63) is 125 Å². The number of aryl methyl sites for hydroxylation is 1. The van der Waals surface area contributed by atoms with E-state index in [-0.39, 0.29) is 10.7 Å². The van der Waals surface area contributed by atoms with Gasteiger partial charge in [0, 0.05) is 0 Å². The van der Waals surface area contributed by atoms with Crippen LogP contribution in [-0.4, -0.2) is 16.9 Å². The molecule has 4 aromatic rings. The van der Waals surface area contributed by atoms with Crippen LogP contribution in [0.5, 0.6) is 17.2 Å². The zero-order valence-electron chi connectivity index (χ0n) is 20.6. The van der Waals surface area contributed by atoms with Crippen LogP contribution in [0.3, 0.4) is 0 Å². The van der Waals surface area contributed by atoms with Crippen molar-refractivity contribution in [1.29, 1.82) is 0 Å². The molecular weight excluding hydrogens is 496 g/mol. The number of nitrogens with zero attached hydrogens (tertiary/aromatic N) is 1. The Hall–Kier alpha value is -4.75. The molecule has 1 fully saturated rings. The lowest BCUT2D eigenvalue weighted by Gasteiger charge is -2.29. The van der Waals surface area contributed by atoms with E-state index < -0.39 is 11.8 Å². The number of thiocarbonyl (C=S) groups is 1. The number of carbonyl (C=O) groups is 2. The Bertz CT molecular complexity index is 1520. The summed E-state index contributed by atoms with van der Waals surface area (Å²) >= 11 is 5.33. The molecule has 188 valence electrons. The number of nitrogens with one attached hydrogen (secondary N) is 1. The normalized spacial score (nSPS) is 14.4. The van der Waals surface area contributed by atoms with Crippen LogP contribution < -0.4 is 19.7 Å². The highest BCUT2D eigenvalue weighted by atomic mass is 32.1. The Balaban J connectivity index is 1.33. The average molecular weight is 521 g/mol. The molecule has 0 unspecified atom stereocenters. The third-order valence-electron chi connectivity index (χ3n) is 5.96. The van der Waals surface area contributed by atoms with Crippen molar-refractivity contribution < 1.29 is 19.1 Å². The minimum atomic E-state index is -0.538. The van der Waals surface area contributed by atoms with Gasteiger partial charge >= 0.3 is 0 Å². The summed E-state index contributed by atoms with van der Waals surface area (Å²) in [5, 5.41) is 2.65. The number of anilines is 1. The van der Waals surface area contributed by atoms with Crippen LogP contribution in [0, 0.1) is 6.92 Å². The number of hydrogen-bond donors (Lipinski definition) is 1. The Morgan fingerprint density at radius 1 is 0.816 bits per heavy atom. The van der Waals surface area contributed by atoms with Crippen molar-refractivity contribution in [2.24, 2.45) is 0 Å². The lowest BCUT2D eigenvalue weighted by atomic mass is 10.0. The van der Waals surface area contributed by atoms with Crippen LogP contribution >= 0.6 is 12.2 Å². The number of rotatable bonds is 7. The van der Waals surface area contributed by atoms with Crippen LogP contribution in [0.15, 0.2) is 109 Å². The molecule has 1 heterocycles. The molecule has 38 heavy (non-hydrogen) atoms. The largest absolute Gasteiger partial charge is 0.489 e. The second-order valence-electron chi connectivity index (χ2n) is 8.66. The molecule has 0 aliphatic carbocycles. The van der Waals surface area contributed by atoms with E-state index in [0.717, 1.165) is 16.7 Å². The van der Waals surface area contributed by atoms with Crippen molar-refractivity contribution in [1.82, 2.24) is 5.32 Å². The first-order valence-corrected chi connectivity index (χ1v) is 12.4.